The van der Waals surface area contributed by atoms with Gasteiger partial charge in [0.05, 0.1) is 0 Å². The highest BCUT2D eigenvalue weighted by atomic mass is 19.4. The van der Waals surface area contributed by atoms with E-state index in [2.05, 4.69) is 44.3 Å². The zero-order chi connectivity index (χ0) is 19.8. The number of hydrogen-bond acceptors (Lipinski definition) is 6. The summed E-state index contributed by atoms with van der Waals surface area (Å²) in [5.74, 6) is -0.670. The van der Waals surface area contributed by atoms with E-state index in [1.165, 1.54) is 0 Å². The number of anilines is 1. The average molecular weight is 385 g/mol. The Hall–Kier alpha value is -1.94. The third-order valence-corrected chi connectivity index (χ3v) is 5.39. The third kappa shape index (κ3) is 4.01. The molecule has 150 valence electrons. The molecule has 0 aliphatic carbocycles. The van der Waals surface area contributed by atoms with Gasteiger partial charge in [0.25, 0.3) is 5.82 Å². The molecule has 1 atom stereocenters. The largest absolute Gasteiger partial charge is 0.453 e. The van der Waals surface area contributed by atoms with E-state index in [0.29, 0.717) is 17.9 Å². The molecule has 1 saturated heterocycles. The molecule has 1 aliphatic rings. The van der Waals surface area contributed by atoms with Gasteiger partial charge in [-0.05, 0) is 32.9 Å². The number of aromatic nitrogens is 4. The maximum absolute atomic E-state index is 13.1. The van der Waals surface area contributed by atoms with Gasteiger partial charge in [-0.1, -0.05) is 6.92 Å². The molecule has 10 heteroatoms. The fourth-order valence-electron chi connectivity index (χ4n) is 3.37. The fourth-order valence-corrected chi connectivity index (χ4v) is 3.37. The first kappa shape index (κ1) is 19.8. The number of piperazine rings is 1. The summed E-state index contributed by atoms with van der Waals surface area (Å²) >= 11 is 0. The maximum Gasteiger partial charge on any atom is 0.453 e. The standard InChI is InChI=1S/C17H26F3N7/c1-5-25-6-8-26(9-7-25)11(2)10-21-14-12(3)13(4)15-22-23-16(17(18,19)20)27(15)24-14/h11H,5-10H2,1-4H3,(H,21,24). The molecule has 0 spiro atoms. The van der Waals surface area contributed by atoms with Gasteiger partial charge in [0.2, 0.25) is 0 Å². The Bertz CT molecular complexity index is 794. The van der Waals surface area contributed by atoms with Crippen molar-refractivity contribution in [3.05, 3.63) is 17.0 Å². The van der Waals surface area contributed by atoms with E-state index in [4.69, 9.17) is 0 Å². The molecular formula is C17H26F3N7. The topological polar surface area (TPSA) is 61.6 Å². The second-order valence-corrected chi connectivity index (χ2v) is 7.06. The van der Waals surface area contributed by atoms with Gasteiger partial charge in [0, 0.05) is 44.3 Å². The summed E-state index contributed by atoms with van der Waals surface area (Å²) in [6, 6.07) is 0.254. The Morgan fingerprint density at radius 3 is 2.33 bits per heavy atom. The predicted octanol–water partition coefficient (Wildman–Crippen LogP) is 2.20. The number of nitrogens with zero attached hydrogens (tertiary/aromatic N) is 6. The minimum Gasteiger partial charge on any atom is -0.367 e. The van der Waals surface area contributed by atoms with Crippen molar-refractivity contribution in [2.24, 2.45) is 0 Å². The normalized spacial score (nSPS) is 18.2. The summed E-state index contributed by atoms with van der Waals surface area (Å²) < 4.78 is 40.2. The quantitative estimate of drug-likeness (QED) is 0.852. The second kappa shape index (κ2) is 7.59. The van der Waals surface area contributed by atoms with E-state index >= 15 is 0 Å². The van der Waals surface area contributed by atoms with Crippen LogP contribution in [0.3, 0.4) is 0 Å². The van der Waals surface area contributed by atoms with Crippen LogP contribution in [0.1, 0.15) is 30.8 Å². The molecule has 7 nitrogen and oxygen atoms in total. The molecular weight excluding hydrogens is 359 g/mol. The van der Waals surface area contributed by atoms with Crippen molar-refractivity contribution in [1.82, 2.24) is 29.6 Å². The molecule has 1 unspecified atom stereocenters. The molecule has 1 N–H and O–H groups in total. The van der Waals surface area contributed by atoms with Crippen LogP contribution in [-0.2, 0) is 6.18 Å². The van der Waals surface area contributed by atoms with Crippen molar-refractivity contribution in [1.29, 1.82) is 0 Å². The molecule has 2 aromatic rings. The SMILES string of the molecule is CCN1CCN(C(C)CNc2nn3c(C(F)(F)F)nnc3c(C)c2C)CC1. The number of fused-ring (bicyclic) bond motifs is 1. The van der Waals surface area contributed by atoms with E-state index < -0.39 is 12.0 Å². The number of nitrogens with one attached hydrogen (secondary N) is 1. The molecule has 0 bridgehead atoms. The fraction of sp³-hybridized carbons (Fsp3) is 0.706. The molecule has 1 fully saturated rings. The highest BCUT2D eigenvalue weighted by Crippen LogP contribution is 2.29. The van der Waals surface area contributed by atoms with Gasteiger partial charge in [0.15, 0.2) is 5.65 Å². The Balaban J connectivity index is 1.76. The lowest BCUT2D eigenvalue weighted by Crippen LogP contribution is -2.51. The Morgan fingerprint density at radius 1 is 1.07 bits per heavy atom. The van der Waals surface area contributed by atoms with E-state index in [1.807, 2.05) is 6.92 Å². The zero-order valence-corrected chi connectivity index (χ0v) is 16.1. The number of halogens is 3. The van der Waals surface area contributed by atoms with E-state index in [0.717, 1.165) is 42.8 Å². The Morgan fingerprint density at radius 2 is 1.74 bits per heavy atom. The summed E-state index contributed by atoms with van der Waals surface area (Å²) in [6.07, 6.45) is -4.60. The van der Waals surface area contributed by atoms with Crippen molar-refractivity contribution in [2.45, 2.75) is 39.9 Å². The van der Waals surface area contributed by atoms with Crippen molar-refractivity contribution in [2.75, 3.05) is 44.6 Å². The summed E-state index contributed by atoms with van der Waals surface area (Å²) in [4.78, 5) is 4.80. The minimum absolute atomic E-state index is 0.133. The molecule has 0 amide bonds. The number of rotatable bonds is 5. The van der Waals surface area contributed by atoms with Crippen LogP contribution in [0.15, 0.2) is 0 Å². The Labute approximate surface area is 156 Å². The molecule has 2 aromatic heterocycles. The van der Waals surface area contributed by atoms with Gasteiger partial charge in [-0.15, -0.1) is 15.3 Å². The minimum atomic E-state index is -4.60. The van der Waals surface area contributed by atoms with Gasteiger partial charge in [-0.3, -0.25) is 4.90 Å². The van der Waals surface area contributed by atoms with Crippen LogP contribution in [0.25, 0.3) is 5.65 Å². The molecule has 0 aromatic carbocycles. The van der Waals surface area contributed by atoms with Gasteiger partial charge in [0.1, 0.15) is 5.82 Å². The van der Waals surface area contributed by atoms with Crippen LogP contribution in [0.5, 0.6) is 0 Å². The summed E-state index contributed by atoms with van der Waals surface area (Å²) in [5.41, 5.74) is 1.56. The maximum atomic E-state index is 13.1. The second-order valence-electron chi connectivity index (χ2n) is 7.06. The van der Waals surface area contributed by atoms with Crippen LogP contribution in [0.4, 0.5) is 19.0 Å². The number of likely N-dealkylation sites (N-methyl/N-ethyl adjacent to an activating group) is 1. The number of alkyl halides is 3. The van der Waals surface area contributed by atoms with Crippen LogP contribution in [0, 0.1) is 13.8 Å². The zero-order valence-electron chi connectivity index (χ0n) is 16.1. The predicted molar refractivity (Wildman–Crippen MR) is 96.9 cm³/mol. The lowest BCUT2D eigenvalue weighted by molar-refractivity contribution is -0.146. The molecule has 0 radical (unpaired) electrons. The van der Waals surface area contributed by atoms with Crippen molar-refractivity contribution < 1.29 is 13.2 Å². The molecule has 27 heavy (non-hydrogen) atoms. The summed E-state index contributed by atoms with van der Waals surface area (Å²) in [6.45, 7) is 13.6. The monoisotopic (exact) mass is 385 g/mol. The van der Waals surface area contributed by atoms with Gasteiger partial charge < -0.3 is 10.2 Å². The van der Waals surface area contributed by atoms with Gasteiger partial charge >= 0.3 is 6.18 Å². The van der Waals surface area contributed by atoms with Gasteiger partial charge in [-0.2, -0.15) is 17.7 Å². The molecule has 3 rings (SSSR count). The average Bonchev–Trinajstić information content (AvgIpc) is 3.07. The third-order valence-electron chi connectivity index (χ3n) is 5.39. The molecule has 0 saturated carbocycles. The van der Waals surface area contributed by atoms with E-state index in [1.54, 1.807) is 6.92 Å². The van der Waals surface area contributed by atoms with Crippen LogP contribution >= 0.6 is 0 Å². The van der Waals surface area contributed by atoms with Crippen molar-refractivity contribution >= 4 is 11.5 Å². The lowest BCUT2D eigenvalue weighted by Gasteiger charge is -2.37. The lowest BCUT2D eigenvalue weighted by atomic mass is 10.1. The van der Waals surface area contributed by atoms with Crippen LogP contribution in [-0.4, -0.2) is 74.9 Å². The molecule has 3 heterocycles. The van der Waals surface area contributed by atoms with Crippen LogP contribution < -0.4 is 5.32 Å². The highest BCUT2D eigenvalue weighted by molar-refractivity contribution is 5.58. The summed E-state index contributed by atoms with van der Waals surface area (Å²) in [5, 5.41) is 14.3. The van der Waals surface area contributed by atoms with Crippen molar-refractivity contribution in [3.63, 3.8) is 0 Å². The van der Waals surface area contributed by atoms with E-state index in [-0.39, 0.29) is 11.7 Å². The van der Waals surface area contributed by atoms with Gasteiger partial charge in [-0.25, -0.2) is 0 Å². The summed E-state index contributed by atoms with van der Waals surface area (Å²) in [7, 11) is 0. The molecule has 1 aliphatic heterocycles. The highest BCUT2D eigenvalue weighted by Gasteiger charge is 2.38. The number of hydrogen-bond donors (Lipinski definition) is 1. The number of aryl methyl sites for hydroxylation is 1. The van der Waals surface area contributed by atoms with Crippen LogP contribution in [0.2, 0.25) is 0 Å². The first-order valence-corrected chi connectivity index (χ1v) is 9.22. The van der Waals surface area contributed by atoms with E-state index in [9.17, 15) is 13.2 Å². The Kier molecular flexibility index (Phi) is 5.57. The van der Waals surface area contributed by atoms with Crippen molar-refractivity contribution in [3.8, 4) is 0 Å². The first-order chi connectivity index (χ1) is 12.7. The smallest absolute Gasteiger partial charge is 0.367 e. The first-order valence-electron chi connectivity index (χ1n) is 9.22.